The van der Waals surface area contributed by atoms with Crippen molar-refractivity contribution < 1.29 is 4.79 Å². The molecule has 2 aliphatic carbocycles. The van der Waals surface area contributed by atoms with Gasteiger partial charge in [-0.25, -0.2) is 0 Å². The lowest BCUT2D eigenvalue weighted by molar-refractivity contribution is -0.124. The number of hydrogen-bond acceptors (Lipinski definition) is 1. The first-order chi connectivity index (χ1) is 8.34. The Balaban J connectivity index is 1.78. The first-order valence-corrected chi connectivity index (χ1v) is 6.60. The highest BCUT2D eigenvalue weighted by atomic mass is 16.1. The molecule has 1 fully saturated rings. The molecule has 1 heteroatoms. The third-order valence-electron chi connectivity index (χ3n) is 3.93. The Kier molecular flexibility index (Phi) is 2.84. The number of Topliss-reactive ketones (excluding diaryl/α,β-unsaturated/α-hetero) is 1. The van der Waals surface area contributed by atoms with E-state index < -0.39 is 0 Å². The van der Waals surface area contributed by atoms with Crippen molar-refractivity contribution >= 4 is 5.78 Å². The molecule has 1 nitrogen and oxygen atoms in total. The number of hydrogen-bond donors (Lipinski definition) is 0. The Morgan fingerprint density at radius 2 is 1.88 bits per heavy atom. The normalized spacial score (nSPS) is 28.4. The molecule has 2 unspecified atom stereocenters. The third-order valence-corrected chi connectivity index (χ3v) is 3.93. The van der Waals surface area contributed by atoms with Gasteiger partial charge in [-0.15, -0.1) is 0 Å². The Morgan fingerprint density at radius 3 is 2.59 bits per heavy atom. The zero-order valence-electron chi connectivity index (χ0n) is 10.0. The fourth-order valence-corrected chi connectivity index (χ4v) is 2.75. The first-order valence-electron chi connectivity index (χ1n) is 6.60. The monoisotopic (exact) mass is 226 g/mol. The third kappa shape index (κ3) is 2.33. The summed E-state index contributed by atoms with van der Waals surface area (Å²) in [6, 6.07) is 10.2. The minimum absolute atomic E-state index is 0.00806. The minimum Gasteiger partial charge on any atom is -0.298 e. The number of ketones is 1. The van der Waals surface area contributed by atoms with Crippen molar-refractivity contribution in [1.82, 2.24) is 0 Å². The van der Waals surface area contributed by atoms with E-state index >= 15 is 0 Å². The first kappa shape index (κ1) is 10.8. The van der Waals surface area contributed by atoms with Crippen LogP contribution in [0.5, 0.6) is 0 Å². The predicted molar refractivity (Wildman–Crippen MR) is 68.8 cm³/mol. The molecule has 88 valence electrons. The smallest absolute Gasteiger partial charge is 0.147 e. The van der Waals surface area contributed by atoms with Gasteiger partial charge in [-0.3, -0.25) is 4.79 Å². The minimum atomic E-state index is 0.00806. The standard InChI is InChI=1S/C16H18O/c17-16-14(11-12-9-10-12)7-4-8-15(16)13-5-2-1-3-6-13/h1-6,8,12,14-15H,7,9-11H2. The summed E-state index contributed by atoms with van der Waals surface area (Å²) in [6.45, 7) is 0. The van der Waals surface area contributed by atoms with Gasteiger partial charge in [0.15, 0.2) is 0 Å². The van der Waals surface area contributed by atoms with Gasteiger partial charge in [-0.2, -0.15) is 0 Å². The van der Waals surface area contributed by atoms with Crippen molar-refractivity contribution in [1.29, 1.82) is 0 Å². The number of carbonyl (C=O) groups excluding carboxylic acids is 1. The van der Waals surface area contributed by atoms with Gasteiger partial charge in [0.05, 0.1) is 5.92 Å². The summed E-state index contributed by atoms with van der Waals surface area (Å²) >= 11 is 0. The van der Waals surface area contributed by atoms with Crippen LogP contribution in [0, 0.1) is 11.8 Å². The lowest BCUT2D eigenvalue weighted by Gasteiger charge is -2.23. The fraction of sp³-hybridized carbons (Fsp3) is 0.438. The van der Waals surface area contributed by atoms with Crippen molar-refractivity contribution in [2.24, 2.45) is 11.8 Å². The summed E-state index contributed by atoms with van der Waals surface area (Å²) in [5, 5.41) is 0. The van der Waals surface area contributed by atoms with E-state index in [0.717, 1.165) is 24.3 Å². The molecule has 0 spiro atoms. The van der Waals surface area contributed by atoms with Crippen molar-refractivity contribution in [2.75, 3.05) is 0 Å². The molecule has 1 aromatic carbocycles. The molecule has 1 saturated carbocycles. The molecule has 0 aromatic heterocycles. The molecule has 3 rings (SSSR count). The van der Waals surface area contributed by atoms with Gasteiger partial charge in [-0.05, 0) is 24.3 Å². The van der Waals surface area contributed by atoms with Crippen LogP contribution in [0.2, 0.25) is 0 Å². The second-order valence-corrected chi connectivity index (χ2v) is 5.33. The fourth-order valence-electron chi connectivity index (χ4n) is 2.75. The second kappa shape index (κ2) is 4.48. The SMILES string of the molecule is O=C1C(CC2CC2)CC=CC1c1ccccc1. The number of allylic oxidation sites excluding steroid dienone is 2. The van der Waals surface area contributed by atoms with Crippen LogP contribution in [-0.4, -0.2) is 5.78 Å². The molecular weight excluding hydrogens is 208 g/mol. The van der Waals surface area contributed by atoms with Gasteiger partial charge < -0.3 is 0 Å². The number of carbonyl (C=O) groups is 1. The summed E-state index contributed by atoms with van der Waals surface area (Å²) in [5.74, 6) is 1.56. The van der Waals surface area contributed by atoms with Crippen LogP contribution >= 0.6 is 0 Å². The van der Waals surface area contributed by atoms with Gasteiger partial charge in [0.1, 0.15) is 5.78 Å². The molecule has 0 radical (unpaired) electrons. The summed E-state index contributed by atoms with van der Waals surface area (Å²) in [6.07, 6.45) is 9.03. The zero-order chi connectivity index (χ0) is 11.7. The zero-order valence-corrected chi connectivity index (χ0v) is 10.0. The van der Waals surface area contributed by atoms with Gasteiger partial charge in [0, 0.05) is 5.92 Å². The van der Waals surface area contributed by atoms with Gasteiger partial charge in [0.2, 0.25) is 0 Å². The molecule has 0 aliphatic heterocycles. The summed E-state index contributed by atoms with van der Waals surface area (Å²) in [4.78, 5) is 12.4. The van der Waals surface area contributed by atoms with E-state index in [1.807, 2.05) is 18.2 Å². The van der Waals surface area contributed by atoms with E-state index in [2.05, 4.69) is 24.3 Å². The second-order valence-electron chi connectivity index (χ2n) is 5.33. The van der Waals surface area contributed by atoms with E-state index in [9.17, 15) is 4.79 Å². The van der Waals surface area contributed by atoms with E-state index in [1.54, 1.807) is 0 Å². The van der Waals surface area contributed by atoms with Crippen molar-refractivity contribution in [3.05, 3.63) is 48.0 Å². The van der Waals surface area contributed by atoms with Crippen LogP contribution in [0.25, 0.3) is 0 Å². The molecule has 1 aromatic rings. The molecular formula is C16H18O. The van der Waals surface area contributed by atoms with E-state index in [1.165, 1.54) is 12.8 Å². The molecule has 0 bridgehead atoms. The Hall–Kier alpha value is -1.37. The van der Waals surface area contributed by atoms with Gasteiger partial charge in [0.25, 0.3) is 0 Å². The Labute approximate surface area is 103 Å². The molecule has 2 aliphatic rings. The van der Waals surface area contributed by atoms with E-state index in [-0.39, 0.29) is 11.8 Å². The Bertz CT molecular complexity index is 428. The lowest BCUT2D eigenvalue weighted by Crippen LogP contribution is -2.24. The Morgan fingerprint density at radius 1 is 1.12 bits per heavy atom. The van der Waals surface area contributed by atoms with Crippen LogP contribution in [0.4, 0.5) is 0 Å². The van der Waals surface area contributed by atoms with Crippen molar-refractivity contribution in [2.45, 2.75) is 31.6 Å². The summed E-state index contributed by atoms with van der Waals surface area (Å²) < 4.78 is 0. The van der Waals surface area contributed by atoms with Crippen LogP contribution in [0.15, 0.2) is 42.5 Å². The van der Waals surface area contributed by atoms with Crippen molar-refractivity contribution in [3.8, 4) is 0 Å². The average Bonchev–Trinajstić information content (AvgIpc) is 3.17. The van der Waals surface area contributed by atoms with Crippen LogP contribution < -0.4 is 0 Å². The molecule has 0 saturated heterocycles. The molecule has 2 atom stereocenters. The van der Waals surface area contributed by atoms with Gasteiger partial charge in [-0.1, -0.05) is 55.3 Å². The summed E-state index contributed by atoms with van der Waals surface area (Å²) in [5.41, 5.74) is 1.15. The number of rotatable bonds is 3. The largest absolute Gasteiger partial charge is 0.298 e. The van der Waals surface area contributed by atoms with E-state index in [0.29, 0.717) is 5.78 Å². The van der Waals surface area contributed by atoms with E-state index in [4.69, 9.17) is 0 Å². The lowest BCUT2D eigenvalue weighted by atomic mass is 9.79. The maximum atomic E-state index is 12.4. The van der Waals surface area contributed by atoms with Gasteiger partial charge >= 0.3 is 0 Å². The topological polar surface area (TPSA) is 17.1 Å². The molecule has 17 heavy (non-hydrogen) atoms. The predicted octanol–water partition coefficient (Wildman–Crippen LogP) is 3.72. The number of benzene rings is 1. The quantitative estimate of drug-likeness (QED) is 0.718. The molecule has 0 heterocycles. The molecule has 0 amide bonds. The highest BCUT2D eigenvalue weighted by Gasteiger charge is 2.33. The highest BCUT2D eigenvalue weighted by Crippen LogP contribution is 2.39. The van der Waals surface area contributed by atoms with Crippen molar-refractivity contribution in [3.63, 3.8) is 0 Å². The maximum absolute atomic E-state index is 12.4. The summed E-state index contributed by atoms with van der Waals surface area (Å²) in [7, 11) is 0. The average molecular weight is 226 g/mol. The molecule has 0 N–H and O–H groups in total. The van der Waals surface area contributed by atoms with Crippen LogP contribution in [0.3, 0.4) is 0 Å². The van der Waals surface area contributed by atoms with Crippen LogP contribution in [-0.2, 0) is 4.79 Å². The highest BCUT2D eigenvalue weighted by molar-refractivity contribution is 5.90. The maximum Gasteiger partial charge on any atom is 0.147 e. The van der Waals surface area contributed by atoms with Crippen LogP contribution in [0.1, 0.15) is 37.2 Å².